The number of nitrogens with zero attached hydrogens (tertiary/aromatic N) is 1. The molecule has 0 radical (unpaired) electrons. The standard InChI is InChI=1S/C7H7NO3.C4H9NO/c1-5-2-3-7(9)6(4-5)8(10)11;1-3-6-4-2-5-1/h2-4,9H,1H3;5H,1-4H2. The molecule has 0 aliphatic carbocycles. The Morgan fingerprint density at radius 1 is 1.41 bits per heavy atom. The van der Waals surface area contributed by atoms with Gasteiger partial charge in [0.2, 0.25) is 0 Å². The lowest BCUT2D eigenvalue weighted by atomic mass is 10.2. The molecule has 2 rings (SSSR count). The molecule has 1 heterocycles. The van der Waals surface area contributed by atoms with Crippen LogP contribution in [0.5, 0.6) is 5.75 Å². The second kappa shape index (κ2) is 6.82. The fourth-order valence-corrected chi connectivity index (χ4v) is 1.30. The first kappa shape index (κ1) is 13.4. The largest absolute Gasteiger partial charge is 0.502 e. The van der Waals surface area contributed by atoms with E-state index in [-0.39, 0.29) is 11.4 Å². The maximum atomic E-state index is 10.2. The first-order valence-electron chi connectivity index (χ1n) is 5.33. The van der Waals surface area contributed by atoms with Crippen molar-refractivity contribution in [2.75, 3.05) is 26.3 Å². The second-order valence-corrected chi connectivity index (χ2v) is 3.61. The molecule has 17 heavy (non-hydrogen) atoms. The van der Waals surface area contributed by atoms with Gasteiger partial charge in [-0.1, -0.05) is 6.07 Å². The second-order valence-electron chi connectivity index (χ2n) is 3.61. The minimum Gasteiger partial charge on any atom is -0.502 e. The molecule has 1 saturated heterocycles. The van der Waals surface area contributed by atoms with E-state index in [0.717, 1.165) is 31.9 Å². The number of morpholine rings is 1. The van der Waals surface area contributed by atoms with Crippen molar-refractivity contribution in [3.8, 4) is 5.75 Å². The van der Waals surface area contributed by atoms with E-state index in [0.29, 0.717) is 0 Å². The molecule has 0 spiro atoms. The van der Waals surface area contributed by atoms with Crippen molar-refractivity contribution in [2.24, 2.45) is 0 Å². The summed E-state index contributed by atoms with van der Waals surface area (Å²) in [5, 5.41) is 22.3. The van der Waals surface area contributed by atoms with Crippen LogP contribution >= 0.6 is 0 Å². The summed E-state index contributed by atoms with van der Waals surface area (Å²) < 4.78 is 5.01. The van der Waals surface area contributed by atoms with Gasteiger partial charge in [-0.25, -0.2) is 0 Å². The Labute approximate surface area is 99.4 Å². The highest BCUT2D eigenvalue weighted by Gasteiger charge is 2.11. The van der Waals surface area contributed by atoms with E-state index < -0.39 is 4.92 Å². The Balaban J connectivity index is 0.000000202. The van der Waals surface area contributed by atoms with E-state index in [9.17, 15) is 10.1 Å². The monoisotopic (exact) mass is 240 g/mol. The highest BCUT2D eigenvalue weighted by molar-refractivity contribution is 5.47. The highest BCUT2D eigenvalue weighted by atomic mass is 16.6. The van der Waals surface area contributed by atoms with Gasteiger partial charge in [-0.3, -0.25) is 10.1 Å². The minimum absolute atomic E-state index is 0.245. The Morgan fingerprint density at radius 2 is 2.06 bits per heavy atom. The Morgan fingerprint density at radius 3 is 2.41 bits per heavy atom. The molecule has 1 aromatic rings. The maximum Gasteiger partial charge on any atom is 0.310 e. The van der Waals surface area contributed by atoms with Crippen molar-refractivity contribution < 1.29 is 14.8 Å². The molecule has 0 aromatic heterocycles. The van der Waals surface area contributed by atoms with Crippen molar-refractivity contribution in [1.82, 2.24) is 5.32 Å². The number of phenols is 1. The van der Waals surface area contributed by atoms with Gasteiger partial charge in [0, 0.05) is 19.2 Å². The van der Waals surface area contributed by atoms with Crippen LogP contribution in [-0.4, -0.2) is 36.3 Å². The molecule has 0 unspecified atom stereocenters. The molecule has 0 saturated carbocycles. The first-order chi connectivity index (χ1) is 8.11. The van der Waals surface area contributed by atoms with Gasteiger partial charge in [0.05, 0.1) is 18.1 Å². The van der Waals surface area contributed by atoms with Crippen molar-refractivity contribution in [2.45, 2.75) is 6.92 Å². The molecule has 1 aliphatic rings. The van der Waals surface area contributed by atoms with Gasteiger partial charge < -0.3 is 15.2 Å². The van der Waals surface area contributed by atoms with E-state index in [4.69, 9.17) is 9.84 Å². The summed E-state index contributed by atoms with van der Waals surface area (Å²) in [5.41, 5.74) is 0.513. The van der Waals surface area contributed by atoms with Crippen LogP contribution in [0, 0.1) is 17.0 Å². The number of ether oxygens (including phenoxy) is 1. The topological polar surface area (TPSA) is 84.6 Å². The molecule has 94 valence electrons. The average Bonchev–Trinajstić information content (AvgIpc) is 2.35. The normalized spacial score (nSPS) is 14.6. The number of nitro benzene ring substituents is 1. The third kappa shape index (κ3) is 4.80. The SMILES string of the molecule is C1COCCN1.Cc1ccc(O)c([N+](=O)[O-])c1. The zero-order valence-corrected chi connectivity index (χ0v) is 9.68. The van der Waals surface area contributed by atoms with Crippen LogP contribution in [0.1, 0.15) is 5.56 Å². The van der Waals surface area contributed by atoms with Crippen LogP contribution in [0.3, 0.4) is 0 Å². The number of nitrogens with one attached hydrogen (secondary N) is 1. The van der Waals surface area contributed by atoms with Crippen molar-refractivity contribution >= 4 is 5.69 Å². The third-order valence-corrected chi connectivity index (χ3v) is 2.17. The molecule has 1 fully saturated rings. The molecule has 2 N–H and O–H groups in total. The van der Waals surface area contributed by atoms with Gasteiger partial charge in [-0.05, 0) is 18.6 Å². The van der Waals surface area contributed by atoms with Crippen molar-refractivity contribution in [3.05, 3.63) is 33.9 Å². The molecule has 1 aliphatic heterocycles. The fraction of sp³-hybridized carbons (Fsp3) is 0.455. The third-order valence-electron chi connectivity index (χ3n) is 2.17. The number of hydrogen-bond acceptors (Lipinski definition) is 5. The Kier molecular flexibility index (Phi) is 5.38. The fourth-order valence-electron chi connectivity index (χ4n) is 1.30. The lowest BCUT2D eigenvalue weighted by Crippen LogP contribution is -2.30. The molecule has 0 bridgehead atoms. The van der Waals surface area contributed by atoms with E-state index in [2.05, 4.69) is 5.32 Å². The zero-order chi connectivity index (χ0) is 12.7. The van der Waals surface area contributed by atoms with Gasteiger partial charge in [0.25, 0.3) is 0 Å². The van der Waals surface area contributed by atoms with Crippen LogP contribution in [0.25, 0.3) is 0 Å². The Bertz CT molecular complexity index is 366. The summed E-state index contributed by atoms with van der Waals surface area (Å²) in [7, 11) is 0. The van der Waals surface area contributed by atoms with Gasteiger partial charge in [-0.15, -0.1) is 0 Å². The summed E-state index contributed by atoms with van der Waals surface area (Å²) in [5.74, 6) is -0.291. The van der Waals surface area contributed by atoms with E-state index in [1.54, 1.807) is 13.0 Å². The highest BCUT2D eigenvalue weighted by Crippen LogP contribution is 2.25. The lowest BCUT2D eigenvalue weighted by molar-refractivity contribution is -0.385. The molecule has 1 aromatic carbocycles. The number of phenolic OH excluding ortho intramolecular Hbond substituents is 1. The molecular weight excluding hydrogens is 224 g/mol. The predicted octanol–water partition coefficient (Wildman–Crippen LogP) is 1.22. The lowest BCUT2D eigenvalue weighted by Gasteiger charge is -2.10. The summed E-state index contributed by atoms with van der Waals surface area (Å²) in [6, 6.07) is 4.26. The van der Waals surface area contributed by atoms with E-state index in [1.165, 1.54) is 12.1 Å². The first-order valence-corrected chi connectivity index (χ1v) is 5.33. The molecule has 6 nitrogen and oxygen atoms in total. The zero-order valence-electron chi connectivity index (χ0n) is 9.68. The molecule has 0 atom stereocenters. The predicted molar refractivity (Wildman–Crippen MR) is 63.2 cm³/mol. The van der Waals surface area contributed by atoms with Gasteiger partial charge >= 0.3 is 5.69 Å². The van der Waals surface area contributed by atoms with E-state index >= 15 is 0 Å². The number of aryl methyl sites for hydroxylation is 1. The van der Waals surface area contributed by atoms with Crippen LogP contribution < -0.4 is 5.32 Å². The van der Waals surface area contributed by atoms with Gasteiger partial charge in [0.15, 0.2) is 5.75 Å². The summed E-state index contributed by atoms with van der Waals surface area (Å²) in [6.45, 7) is 5.56. The van der Waals surface area contributed by atoms with Crippen LogP contribution in [-0.2, 0) is 4.74 Å². The quantitative estimate of drug-likeness (QED) is 0.569. The van der Waals surface area contributed by atoms with Crippen molar-refractivity contribution in [3.63, 3.8) is 0 Å². The number of nitro groups is 1. The number of aromatic hydroxyl groups is 1. The smallest absolute Gasteiger partial charge is 0.310 e. The van der Waals surface area contributed by atoms with Crippen molar-refractivity contribution in [1.29, 1.82) is 0 Å². The maximum absolute atomic E-state index is 10.2. The van der Waals surface area contributed by atoms with Gasteiger partial charge in [0.1, 0.15) is 0 Å². The minimum atomic E-state index is -0.609. The summed E-state index contributed by atoms with van der Waals surface area (Å²) >= 11 is 0. The number of hydrogen-bond donors (Lipinski definition) is 2. The summed E-state index contributed by atoms with van der Waals surface area (Å²) in [4.78, 5) is 9.61. The van der Waals surface area contributed by atoms with E-state index in [1.807, 2.05) is 0 Å². The van der Waals surface area contributed by atoms with Gasteiger partial charge in [-0.2, -0.15) is 0 Å². The molecular formula is C11H16N2O4. The molecule has 6 heteroatoms. The average molecular weight is 240 g/mol. The Hall–Kier alpha value is -1.66. The van der Waals surface area contributed by atoms with Crippen LogP contribution in [0.4, 0.5) is 5.69 Å². The summed E-state index contributed by atoms with van der Waals surface area (Å²) in [6.07, 6.45) is 0. The number of benzene rings is 1. The number of rotatable bonds is 1. The van der Waals surface area contributed by atoms with Crippen LogP contribution in [0.15, 0.2) is 18.2 Å². The van der Waals surface area contributed by atoms with Crippen LogP contribution in [0.2, 0.25) is 0 Å². The molecule has 0 amide bonds.